The summed E-state index contributed by atoms with van der Waals surface area (Å²) in [6, 6.07) is 13.8. The summed E-state index contributed by atoms with van der Waals surface area (Å²) in [6.07, 6.45) is 0. The van der Waals surface area contributed by atoms with Crippen molar-refractivity contribution in [3.63, 3.8) is 0 Å². The van der Waals surface area contributed by atoms with Gasteiger partial charge in [-0.3, -0.25) is 0 Å². The van der Waals surface area contributed by atoms with E-state index in [-0.39, 0.29) is 0 Å². The lowest BCUT2D eigenvalue weighted by Crippen LogP contribution is -1.78. The molecule has 0 radical (unpaired) electrons. The second kappa shape index (κ2) is 4.61. The van der Waals surface area contributed by atoms with E-state index in [1.165, 1.54) is 0 Å². The van der Waals surface area contributed by atoms with Gasteiger partial charge in [-0.25, -0.2) is 0 Å². The monoisotopic (exact) mass is 339 g/mol. The quantitative estimate of drug-likeness (QED) is 0.567. The number of para-hydroxylation sites is 1. The van der Waals surface area contributed by atoms with Crippen molar-refractivity contribution in [1.82, 2.24) is 4.98 Å². The van der Waals surface area contributed by atoms with Crippen LogP contribution in [0, 0.1) is 0 Å². The SMILES string of the molecule is Clc1ccc(-c2cc3cccc(Br)c3[nH]2)cc1Cl. The van der Waals surface area contributed by atoms with Gasteiger partial charge in [-0.2, -0.15) is 0 Å². The van der Waals surface area contributed by atoms with Crippen LogP contribution in [0.1, 0.15) is 0 Å². The highest BCUT2D eigenvalue weighted by atomic mass is 79.9. The number of rotatable bonds is 1. The predicted octanol–water partition coefficient (Wildman–Crippen LogP) is 5.90. The average molecular weight is 341 g/mol. The molecule has 1 N–H and O–H groups in total. The van der Waals surface area contributed by atoms with E-state index in [2.05, 4.69) is 33.0 Å². The van der Waals surface area contributed by atoms with E-state index in [4.69, 9.17) is 23.2 Å². The normalized spacial score (nSPS) is 11.1. The predicted molar refractivity (Wildman–Crippen MR) is 81.5 cm³/mol. The highest BCUT2D eigenvalue weighted by Crippen LogP contribution is 2.32. The molecular formula is C14H8BrCl2N. The van der Waals surface area contributed by atoms with E-state index in [1.54, 1.807) is 6.07 Å². The fraction of sp³-hybridized carbons (Fsp3) is 0. The Bertz CT molecular complexity index is 734. The number of hydrogen-bond acceptors (Lipinski definition) is 0. The lowest BCUT2D eigenvalue weighted by molar-refractivity contribution is 1.44. The molecule has 2 aromatic carbocycles. The number of fused-ring (bicyclic) bond motifs is 1. The number of benzene rings is 2. The molecule has 1 aromatic heterocycles. The van der Waals surface area contributed by atoms with Crippen molar-refractivity contribution in [3.05, 3.63) is 57.0 Å². The molecule has 1 nitrogen and oxygen atoms in total. The van der Waals surface area contributed by atoms with Gasteiger partial charge in [0.2, 0.25) is 0 Å². The van der Waals surface area contributed by atoms with Gasteiger partial charge in [-0.1, -0.05) is 41.4 Å². The molecule has 0 atom stereocenters. The number of H-pyrrole nitrogens is 1. The van der Waals surface area contributed by atoms with Crippen molar-refractivity contribution >= 4 is 50.0 Å². The molecule has 3 aromatic rings. The van der Waals surface area contributed by atoms with Crippen LogP contribution in [-0.2, 0) is 0 Å². The molecule has 90 valence electrons. The smallest absolute Gasteiger partial charge is 0.0603 e. The Balaban J connectivity index is 2.19. The van der Waals surface area contributed by atoms with Gasteiger partial charge >= 0.3 is 0 Å². The molecule has 0 unspecified atom stereocenters. The molecule has 0 aliphatic heterocycles. The van der Waals surface area contributed by atoms with Crippen LogP contribution in [-0.4, -0.2) is 4.98 Å². The molecule has 0 bridgehead atoms. The van der Waals surface area contributed by atoms with E-state index in [0.29, 0.717) is 10.0 Å². The first-order valence-electron chi connectivity index (χ1n) is 5.38. The largest absolute Gasteiger partial charge is 0.354 e. The van der Waals surface area contributed by atoms with Crippen LogP contribution in [0.4, 0.5) is 0 Å². The first-order valence-corrected chi connectivity index (χ1v) is 6.93. The summed E-state index contributed by atoms with van der Waals surface area (Å²) in [5.74, 6) is 0. The third kappa shape index (κ3) is 2.05. The maximum absolute atomic E-state index is 6.04. The summed E-state index contributed by atoms with van der Waals surface area (Å²) >= 11 is 15.5. The maximum atomic E-state index is 6.04. The average Bonchev–Trinajstić information content (AvgIpc) is 2.78. The van der Waals surface area contributed by atoms with Gasteiger partial charge in [0, 0.05) is 15.6 Å². The van der Waals surface area contributed by atoms with E-state index in [0.717, 1.165) is 26.6 Å². The van der Waals surface area contributed by atoms with Crippen molar-refractivity contribution in [2.24, 2.45) is 0 Å². The van der Waals surface area contributed by atoms with E-state index < -0.39 is 0 Å². The van der Waals surface area contributed by atoms with Crippen molar-refractivity contribution in [1.29, 1.82) is 0 Å². The molecular weight excluding hydrogens is 333 g/mol. The molecule has 0 saturated heterocycles. The zero-order chi connectivity index (χ0) is 12.7. The van der Waals surface area contributed by atoms with E-state index in [9.17, 15) is 0 Å². The standard InChI is InChI=1S/C14H8BrCl2N/c15-10-3-1-2-9-7-13(18-14(9)10)8-4-5-11(16)12(17)6-8/h1-7,18H. The van der Waals surface area contributed by atoms with E-state index >= 15 is 0 Å². The van der Waals surface area contributed by atoms with Crippen LogP contribution in [0.3, 0.4) is 0 Å². The molecule has 0 amide bonds. The van der Waals surface area contributed by atoms with Gasteiger partial charge in [0.15, 0.2) is 0 Å². The number of nitrogens with one attached hydrogen (secondary N) is 1. The topological polar surface area (TPSA) is 15.8 Å². The maximum Gasteiger partial charge on any atom is 0.0603 e. The lowest BCUT2D eigenvalue weighted by atomic mass is 10.1. The lowest BCUT2D eigenvalue weighted by Gasteiger charge is -2.00. The highest BCUT2D eigenvalue weighted by Gasteiger charge is 2.07. The minimum absolute atomic E-state index is 0.562. The molecule has 0 saturated carbocycles. The van der Waals surface area contributed by atoms with Crippen LogP contribution < -0.4 is 0 Å². The summed E-state index contributed by atoms with van der Waals surface area (Å²) in [6.45, 7) is 0. The Morgan fingerprint density at radius 2 is 1.78 bits per heavy atom. The van der Waals surface area contributed by atoms with E-state index in [1.807, 2.05) is 24.3 Å². The summed E-state index contributed by atoms with van der Waals surface area (Å²) in [5, 5.41) is 2.29. The fourth-order valence-corrected chi connectivity index (χ4v) is 2.72. The summed E-state index contributed by atoms with van der Waals surface area (Å²) in [4.78, 5) is 3.38. The Kier molecular flexibility index (Phi) is 3.10. The summed E-state index contributed by atoms with van der Waals surface area (Å²) < 4.78 is 1.05. The number of halogens is 3. The van der Waals surface area contributed by atoms with Crippen LogP contribution in [0.15, 0.2) is 46.9 Å². The van der Waals surface area contributed by atoms with Gasteiger partial charge in [0.25, 0.3) is 0 Å². The second-order valence-corrected chi connectivity index (χ2v) is 5.68. The third-order valence-electron chi connectivity index (χ3n) is 2.84. The summed E-state index contributed by atoms with van der Waals surface area (Å²) in [5.41, 5.74) is 3.13. The van der Waals surface area contributed by atoms with Crippen LogP contribution >= 0.6 is 39.1 Å². The Morgan fingerprint density at radius 1 is 0.944 bits per heavy atom. The van der Waals surface area contributed by atoms with Gasteiger partial charge in [0.05, 0.1) is 15.6 Å². The molecule has 1 heterocycles. The van der Waals surface area contributed by atoms with Crippen molar-refractivity contribution in [3.8, 4) is 11.3 Å². The first kappa shape index (κ1) is 12.1. The number of hydrogen-bond donors (Lipinski definition) is 1. The van der Waals surface area contributed by atoms with Gasteiger partial charge in [0.1, 0.15) is 0 Å². The molecule has 3 rings (SSSR count). The zero-order valence-corrected chi connectivity index (χ0v) is 12.3. The van der Waals surface area contributed by atoms with Gasteiger partial charge < -0.3 is 4.98 Å². The Labute approximate surface area is 123 Å². The Morgan fingerprint density at radius 3 is 2.50 bits per heavy atom. The molecule has 0 aliphatic carbocycles. The minimum atomic E-state index is 0.562. The highest BCUT2D eigenvalue weighted by molar-refractivity contribution is 9.10. The molecule has 18 heavy (non-hydrogen) atoms. The van der Waals surface area contributed by atoms with Crippen LogP contribution in [0.2, 0.25) is 10.0 Å². The van der Waals surface area contributed by atoms with Gasteiger partial charge in [-0.15, -0.1) is 0 Å². The molecule has 0 spiro atoms. The number of aromatic nitrogens is 1. The third-order valence-corrected chi connectivity index (χ3v) is 4.24. The van der Waals surface area contributed by atoms with Crippen molar-refractivity contribution < 1.29 is 0 Å². The van der Waals surface area contributed by atoms with Crippen LogP contribution in [0.5, 0.6) is 0 Å². The van der Waals surface area contributed by atoms with Gasteiger partial charge in [-0.05, 0) is 45.8 Å². The Hall–Kier alpha value is -0.960. The minimum Gasteiger partial charge on any atom is -0.354 e. The second-order valence-electron chi connectivity index (χ2n) is 4.02. The van der Waals surface area contributed by atoms with Crippen LogP contribution in [0.25, 0.3) is 22.2 Å². The first-order chi connectivity index (χ1) is 8.65. The molecule has 0 fully saturated rings. The fourth-order valence-electron chi connectivity index (χ4n) is 1.94. The van der Waals surface area contributed by atoms with Crippen molar-refractivity contribution in [2.45, 2.75) is 0 Å². The summed E-state index contributed by atoms with van der Waals surface area (Å²) in [7, 11) is 0. The number of aromatic amines is 1. The zero-order valence-electron chi connectivity index (χ0n) is 9.18. The van der Waals surface area contributed by atoms with Crippen molar-refractivity contribution in [2.75, 3.05) is 0 Å². The molecule has 0 aliphatic rings. The molecule has 4 heteroatoms.